The molecule has 1 aromatic rings. The summed E-state index contributed by atoms with van der Waals surface area (Å²) < 4.78 is 0. The topological polar surface area (TPSA) is 49.4 Å². The van der Waals surface area contributed by atoms with Crippen molar-refractivity contribution in [3.63, 3.8) is 0 Å². The third-order valence-corrected chi connectivity index (χ3v) is 6.15. The largest absolute Gasteiger partial charge is 0.335 e. The fourth-order valence-corrected chi connectivity index (χ4v) is 4.62. The summed E-state index contributed by atoms with van der Waals surface area (Å²) >= 11 is 1.26. The molecule has 1 saturated carbocycles. The highest BCUT2D eigenvalue weighted by atomic mass is 32.2. The first kappa shape index (κ1) is 16.4. The summed E-state index contributed by atoms with van der Waals surface area (Å²) in [5, 5.41) is 2.93. The average Bonchev–Trinajstić information content (AvgIpc) is 2.84. The molecule has 0 spiro atoms. The van der Waals surface area contributed by atoms with E-state index >= 15 is 0 Å². The second-order valence-corrected chi connectivity index (χ2v) is 7.70. The van der Waals surface area contributed by atoms with Crippen molar-refractivity contribution >= 4 is 23.0 Å². The number of carbonyl (C=O) groups is 2. The van der Waals surface area contributed by atoms with Crippen LogP contribution in [0.5, 0.6) is 0 Å². The molecule has 3 amide bonds. The molecule has 23 heavy (non-hydrogen) atoms. The fourth-order valence-electron chi connectivity index (χ4n) is 3.43. The lowest BCUT2D eigenvalue weighted by atomic mass is 9.96. The van der Waals surface area contributed by atoms with E-state index in [9.17, 15) is 9.59 Å². The van der Waals surface area contributed by atoms with Crippen LogP contribution in [0.25, 0.3) is 0 Å². The van der Waals surface area contributed by atoms with Crippen LogP contribution in [0, 0.1) is 6.92 Å². The van der Waals surface area contributed by atoms with Crippen LogP contribution in [-0.2, 0) is 0 Å². The number of imide groups is 1. The molecule has 0 radical (unpaired) electrons. The van der Waals surface area contributed by atoms with Crippen LogP contribution in [0.1, 0.15) is 55.4 Å². The first-order chi connectivity index (χ1) is 11.1. The lowest BCUT2D eigenvalue weighted by molar-refractivity contribution is 0.184. The molecule has 0 bridgehead atoms. The van der Waals surface area contributed by atoms with E-state index in [0.717, 1.165) is 31.2 Å². The van der Waals surface area contributed by atoms with Crippen LogP contribution in [0.4, 0.5) is 9.59 Å². The number of rotatable bonds is 2. The standard InChI is InChI=1S/C18H24N2O2S/c1-12-8-10-14(11-9-12)16-13(2)20(18(22)23-16)17(21)19-15-6-4-3-5-7-15/h8-11,13,15-16H,3-7H2,1-2H3,(H,19,21)/t13-,16+/m0/s1. The Morgan fingerprint density at radius 2 is 1.83 bits per heavy atom. The van der Waals surface area contributed by atoms with Crippen molar-refractivity contribution < 1.29 is 9.59 Å². The summed E-state index contributed by atoms with van der Waals surface area (Å²) in [5.74, 6) is 0. The van der Waals surface area contributed by atoms with Gasteiger partial charge in [-0.3, -0.25) is 9.69 Å². The van der Waals surface area contributed by atoms with E-state index in [1.54, 1.807) is 0 Å². The third kappa shape index (κ3) is 3.55. The zero-order valence-corrected chi connectivity index (χ0v) is 14.6. The quantitative estimate of drug-likeness (QED) is 0.858. The Labute approximate surface area is 142 Å². The van der Waals surface area contributed by atoms with Crippen molar-refractivity contribution in [1.82, 2.24) is 10.2 Å². The van der Waals surface area contributed by atoms with Crippen molar-refractivity contribution in [3.05, 3.63) is 35.4 Å². The molecule has 0 aromatic heterocycles. The number of thioether (sulfide) groups is 1. The smallest absolute Gasteiger partial charge is 0.325 e. The van der Waals surface area contributed by atoms with Crippen LogP contribution < -0.4 is 5.32 Å². The minimum atomic E-state index is -0.225. The van der Waals surface area contributed by atoms with Gasteiger partial charge in [-0.05, 0) is 32.3 Å². The van der Waals surface area contributed by atoms with Crippen molar-refractivity contribution in [2.75, 3.05) is 0 Å². The van der Waals surface area contributed by atoms with E-state index in [4.69, 9.17) is 0 Å². The van der Waals surface area contributed by atoms with E-state index in [0.29, 0.717) is 0 Å². The summed E-state index contributed by atoms with van der Waals surface area (Å²) in [6.45, 7) is 4.01. The fraction of sp³-hybridized carbons (Fsp3) is 0.556. The molecule has 0 unspecified atom stereocenters. The highest BCUT2D eigenvalue weighted by molar-refractivity contribution is 8.14. The SMILES string of the molecule is Cc1ccc([C@@H]2SC(=O)N(C(=O)NC3CCCCC3)[C@H]2C)cc1. The van der Waals surface area contributed by atoms with Gasteiger partial charge in [0.25, 0.3) is 5.24 Å². The normalized spacial score (nSPS) is 25.7. The molecule has 3 rings (SSSR count). The second kappa shape index (κ2) is 6.95. The number of aryl methyl sites for hydroxylation is 1. The number of benzene rings is 1. The maximum Gasteiger partial charge on any atom is 0.325 e. The molecule has 124 valence electrons. The highest BCUT2D eigenvalue weighted by Gasteiger charge is 2.42. The Kier molecular flexibility index (Phi) is 4.95. The number of urea groups is 1. The van der Waals surface area contributed by atoms with Crippen molar-refractivity contribution in [3.8, 4) is 0 Å². The molecular weight excluding hydrogens is 308 g/mol. The molecule has 1 N–H and O–H groups in total. The lowest BCUT2D eigenvalue weighted by Crippen LogP contribution is -2.48. The summed E-state index contributed by atoms with van der Waals surface area (Å²) in [5.41, 5.74) is 2.30. The number of nitrogens with zero attached hydrogens (tertiary/aromatic N) is 1. The molecule has 1 aromatic carbocycles. The minimum Gasteiger partial charge on any atom is -0.335 e. The number of nitrogens with one attached hydrogen (secondary N) is 1. The Morgan fingerprint density at radius 3 is 2.48 bits per heavy atom. The van der Waals surface area contributed by atoms with E-state index in [2.05, 4.69) is 29.6 Å². The van der Waals surface area contributed by atoms with Gasteiger partial charge in [-0.15, -0.1) is 0 Å². The Bertz CT molecular complexity index is 581. The molecule has 1 aliphatic heterocycles. The van der Waals surface area contributed by atoms with Crippen LogP contribution >= 0.6 is 11.8 Å². The average molecular weight is 332 g/mol. The minimum absolute atomic E-state index is 0.0141. The maximum absolute atomic E-state index is 12.5. The van der Waals surface area contributed by atoms with Gasteiger partial charge in [0.2, 0.25) is 0 Å². The van der Waals surface area contributed by atoms with Gasteiger partial charge in [0.05, 0.1) is 11.3 Å². The molecule has 5 heteroatoms. The zero-order chi connectivity index (χ0) is 16.4. The summed E-state index contributed by atoms with van der Waals surface area (Å²) in [6.07, 6.45) is 5.62. The van der Waals surface area contributed by atoms with Gasteiger partial charge in [-0.2, -0.15) is 0 Å². The van der Waals surface area contributed by atoms with Crippen LogP contribution in [-0.4, -0.2) is 28.3 Å². The van der Waals surface area contributed by atoms with Gasteiger partial charge in [0.1, 0.15) is 0 Å². The number of hydrogen-bond acceptors (Lipinski definition) is 3. The van der Waals surface area contributed by atoms with E-state index in [-0.39, 0.29) is 28.6 Å². The van der Waals surface area contributed by atoms with E-state index in [1.165, 1.54) is 28.6 Å². The molecular formula is C18H24N2O2S. The van der Waals surface area contributed by atoms with Crippen molar-refractivity contribution in [1.29, 1.82) is 0 Å². The molecule has 1 aliphatic carbocycles. The summed E-state index contributed by atoms with van der Waals surface area (Å²) in [7, 11) is 0. The van der Waals surface area contributed by atoms with E-state index in [1.807, 2.05) is 13.8 Å². The van der Waals surface area contributed by atoms with E-state index < -0.39 is 0 Å². The van der Waals surface area contributed by atoms with Gasteiger partial charge >= 0.3 is 6.03 Å². The summed E-state index contributed by atoms with van der Waals surface area (Å²) in [6, 6.07) is 8.09. The van der Waals surface area contributed by atoms with Crippen LogP contribution in [0.15, 0.2) is 24.3 Å². The van der Waals surface area contributed by atoms with Crippen molar-refractivity contribution in [2.45, 2.75) is 63.3 Å². The Hall–Kier alpha value is -1.49. The molecule has 2 fully saturated rings. The number of carbonyl (C=O) groups excluding carboxylic acids is 2. The van der Waals surface area contributed by atoms with Gasteiger partial charge in [-0.25, -0.2) is 4.79 Å². The van der Waals surface area contributed by atoms with Gasteiger partial charge in [0, 0.05) is 6.04 Å². The van der Waals surface area contributed by atoms with Crippen LogP contribution in [0.2, 0.25) is 0 Å². The molecule has 4 nitrogen and oxygen atoms in total. The zero-order valence-electron chi connectivity index (χ0n) is 13.7. The molecule has 2 aliphatic rings. The predicted octanol–water partition coefficient (Wildman–Crippen LogP) is 4.64. The van der Waals surface area contributed by atoms with Gasteiger partial charge in [0.15, 0.2) is 0 Å². The number of amides is 3. The molecule has 1 saturated heterocycles. The highest BCUT2D eigenvalue weighted by Crippen LogP contribution is 2.43. The van der Waals surface area contributed by atoms with Crippen molar-refractivity contribution in [2.24, 2.45) is 0 Å². The lowest BCUT2D eigenvalue weighted by Gasteiger charge is -2.27. The predicted molar refractivity (Wildman–Crippen MR) is 93.6 cm³/mol. The maximum atomic E-state index is 12.5. The molecule has 1 heterocycles. The summed E-state index contributed by atoms with van der Waals surface area (Å²) in [4.78, 5) is 26.3. The first-order valence-corrected chi connectivity index (χ1v) is 9.31. The second-order valence-electron chi connectivity index (χ2n) is 6.61. The first-order valence-electron chi connectivity index (χ1n) is 8.43. The number of hydrogen-bond donors (Lipinski definition) is 1. The Balaban J connectivity index is 1.69. The monoisotopic (exact) mass is 332 g/mol. The third-order valence-electron chi connectivity index (χ3n) is 4.83. The Morgan fingerprint density at radius 1 is 1.17 bits per heavy atom. The van der Waals surface area contributed by atoms with Gasteiger partial charge in [-0.1, -0.05) is 60.9 Å². The van der Waals surface area contributed by atoms with Gasteiger partial charge < -0.3 is 5.32 Å². The molecule has 2 atom stereocenters. The van der Waals surface area contributed by atoms with Crippen LogP contribution in [0.3, 0.4) is 0 Å².